The summed E-state index contributed by atoms with van der Waals surface area (Å²) in [5, 5.41) is 0. The van der Waals surface area contributed by atoms with Crippen LogP contribution in [0.4, 0.5) is 0 Å². The lowest BCUT2D eigenvalue weighted by Gasteiger charge is -2.11. The SMILES string of the molecule is CCCc1ccc(C(=O)C(N)Cc2ccccc2)cc1. The topological polar surface area (TPSA) is 43.1 Å². The number of Topliss-reactive ketones (excluding diaryl/α,β-unsaturated/α-hetero) is 1. The van der Waals surface area contributed by atoms with Crippen molar-refractivity contribution in [1.29, 1.82) is 0 Å². The van der Waals surface area contributed by atoms with Gasteiger partial charge in [0.25, 0.3) is 0 Å². The summed E-state index contributed by atoms with van der Waals surface area (Å²) in [6.07, 6.45) is 2.74. The van der Waals surface area contributed by atoms with E-state index in [0.717, 1.165) is 18.4 Å². The van der Waals surface area contributed by atoms with Crippen molar-refractivity contribution < 1.29 is 4.79 Å². The maximum atomic E-state index is 12.3. The van der Waals surface area contributed by atoms with E-state index in [0.29, 0.717) is 12.0 Å². The number of benzene rings is 2. The Morgan fingerprint density at radius 1 is 1.00 bits per heavy atom. The minimum Gasteiger partial charge on any atom is -0.321 e. The molecule has 1 atom stereocenters. The number of nitrogens with two attached hydrogens (primary N) is 1. The van der Waals surface area contributed by atoms with Crippen LogP contribution in [0.2, 0.25) is 0 Å². The molecule has 0 aliphatic heterocycles. The average molecular weight is 267 g/mol. The summed E-state index contributed by atoms with van der Waals surface area (Å²) >= 11 is 0. The second kappa shape index (κ2) is 7.01. The van der Waals surface area contributed by atoms with Gasteiger partial charge < -0.3 is 5.73 Å². The molecule has 2 nitrogen and oxygen atoms in total. The molecule has 0 amide bonds. The monoisotopic (exact) mass is 267 g/mol. The molecule has 104 valence electrons. The second-order valence-electron chi connectivity index (χ2n) is 5.11. The molecule has 0 saturated heterocycles. The molecule has 0 fully saturated rings. The van der Waals surface area contributed by atoms with Gasteiger partial charge in [-0.1, -0.05) is 67.9 Å². The molecule has 1 unspecified atom stereocenters. The van der Waals surface area contributed by atoms with Crippen molar-refractivity contribution in [3.63, 3.8) is 0 Å². The van der Waals surface area contributed by atoms with Crippen LogP contribution in [-0.2, 0) is 12.8 Å². The Morgan fingerprint density at radius 3 is 2.25 bits per heavy atom. The van der Waals surface area contributed by atoms with Crippen LogP contribution >= 0.6 is 0 Å². The van der Waals surface area contributed by atoms with Crippen molar-refractivity contribution >= 4 is 5.78 Å². The minimum absolute atomic E-state index is 0.0110. The first-order valence-electron chi connectivity index (χ1n) is 7.13. The van der Waals surface area contributed by atoms with Crippen molar-refractivity contribution in [2.45, 2.75) is 32.2 Å². The molecule has 0 aromatic heterocycles. The van der Waals surface area contributed by atoms with Crippen molar-refractivity contribution in [1.82, 2.24) is 0 Å². The Labute approximate surface area is 120 Å². The first-order valence-corrected chi connectivity index (χ1v) is 7.13. The van der Waals surface area contributed by atoms with E-state index in [1.807, 2.05) is 54.6 Å². The van der Waals surface area contributed by atoms with Crippen molar-refractivity contribution in [3.8, 4) is 0 Å². The number of aryl methyl sites for hydroxylation is 1. The molecule has 20 heavy (non-hydrogen) atoms. The summed E-state index contributed by atoms with van der Waals surface area (Å²) in [6.45, 7) is 2.15. The number of rotatable bonds is 6. The zero-order valence-corrected chi connectivity index (χ0v) is 11.9. The van der Waals surface area contributed by atoms with Gasteiger partial charge in [0.05, 0.1) is 6.04 Å². The standard InChI is InChI=1S/C18H21NO/c1-2-6-14-9-11-16(12-10-14)18(20)17(19)13-15-7-4-3-5-8-15/h3-5,7-12,17H,2,6,13,19H2,1H3. The molecular weight excluding hydrogens is 246 g/mol. The molecule has 0 spiro atoms. The number of carbonyl (C=O) groups is 1. The maximum absolute atomic E-state index is 12.3. The number of hydrogen-bond donors (Lipinski definition) is 1. The van der Waals surface area contributed by atoms with Crippen LogP contribution in [0.1, 0.15) is 34.8 Å². The van der Waals surface area contributed by atoms with Crippen LogP contribution in [0, 0.1) is 0 Å². The van der Waals surface area contributed by atoms with E-state index >= 15 is 0 Å². The maximum Gasteiger partial charge on any atom is 0.179 e. The quantitative estimate of drug-likeness (QED) is 0.815. The van der Waals surface area contributed by atoms with E-state index in [9.17, 15) is 4.79 Å². The fourth-order valence-electron chi connectivity index (χ4n) is 2.30. The van der Waals surface area contributed by atoms with Crippen molar-refractivity contribution in [2.24, 2.45) is 5.73 Å². The summed E-state index contributed by atoms with van der Waals surface area (Å²) in [6, 6.07) is 17.2. The highest BCUT2D eigenvalue weighted by Gasteiger charge is 2.15. The van der Waals surface area contributed by atoms with Gasteiger partial charge in [0, 0.05) is 5.56 Å². The fraction of sp³-hybridized carbons (Fsp3) is 0.278. The van der Waals surface area contributed by atoms with Crippen LogP contribution in [0.25, 0.3) is 0 Å². The summed E-state index contributed by atoms with van der Waals surface area (Å²) in [7, 11) is 0. The summed E-state index contributed by atoms with van der Waals surface area (Å²) in [4.78, 5) is 12.3. The van der Waals surface area contributed by atoms with Crippen LogP contribution in [0.5, 0.6) is 0 Å². The minimum atomic E-state index is -0.477. The molecular formula is C18H21NO. The molecule has 2 rings (SSSR count). The highest BCUT2D eigenvalue weighted by atomic mass is 16.1. The van der Waals surface area contributed by atoms with Crippen LogP contribution < -0.4 is 5.73 Å². The molecule has 2 aromatic carbocycles. The third-order valence-corrected chi connectivity index (χ3v) is 3.41. The normalized spacial score (nSPS) is 12.1. The van der Waals surface area contributed by atoms with Gasteiger partial charge in [-0.05, 0) is 24.0 Å². The second-order valence-corrected chi connectivity index (χ2v) is 5.11. The molecule has 0 aliphatic rings. The van der Waals surface area contributed by atoms with E-state index in [4.69, 9.17) is 5.73 Å². The van der Waals surface area contributed by atoms with E-state index in [1.165, 1.54) is 5.56 Å². The molecule has 2 aromatic rings. The first kappa shape index (κ1) is 14.5. The lowest BCUT2D eigenvalue weighted by atomic mass is 9.97. The molecule has 0 heterocycles. The molecule has 0 saturated carbocycles. The van der Waals surface area contributed by atoms with Gasteiger partial charge in [0.2, 0.25) is 0 Å². The van der Waals surface area contributed by atoms with Gasteiger partial charge in [-0.25, -0.2) is 0 Å². The number of carbonyl (C=O) groups excluding carboxylic acids is 1. The zero-order valence-electron chi connectivity index (χ0n) is 11.9. The van der Waals surface area contributed by atoms with Crippen molar-refractivity contribution in [3.05, 3.63) is 71.3 Å². The molecule has 2 heteroatoms. The van der Waals surface area contributed by atoms with Gasteiger partial charge in [0.1, 0.15) is 0 Å². The van der Waals surface area contributed by atoms with Crippen LogP contribution in [0.15, 0.2) is 54.6 Å². The zero-order chi connectivity index (χ0) is 14.4. The summed E-state index contributed by atoms with van der Waals surface area (Å²) < 4.78 is 0. The Morgan fingerprint density at radius 2 is 1.65 bits per heavy atom. The number of hydrogen-bond acceptors (Lipinski definition) is 2. The number of ketones is 1. The largest absolute Gasteiger partial charge is 0.321 e. The van der Waals surface area contributed by atoms with Crippen LogP contribution in [0.3, 0.4) is 0 Å². The van der Waals surface area contributed by atoms with Gasteiger partial charge in [-0.2, -0.15) is 0 Å². The Hall–Kier alpha value is -1.93. The summed E-state index contributed by atoms with van der Waals surface area (Å²) in [5.41, 5.74) is 9.09. The van der Waals surface area contributed by atoms with Crippen molar-refractivity contribution in [2.75, 3.05) is 0 Å². The fourth-order valence-corrected chi connectivity index (χ4v) is 2.30. The first-order chi connectivity index (χ1) is 9.70. The van der Waals surface area contributed by atoms with E-state index in [2.05, 4.69) is 6.92 Å². The smallest absolute Gasteiger partial charge is 0.179 e. The average Bonchev–Trinajstić information content (AvgIpc) is 2.48. The molecule has 0 radical (unpaired) electrons. The third kappa shape index (κ3) is 3.78. The highest BCUT2D eigenvalue weighted by Crippen LogP contribution is 2.11. The highest BCUT2D eigenvalue weighted by molar-refractivity contribution is 6.00. The molecule has 0 aliphatic carbocycles. The predicted molar refractivity (Wildman–Crippen MR) is 82.9 cm³/mol. The lowest BCUT2D eigenvalue weighted by Crippen LogP contribution is -2.32. The Kier molecular flexibility index (Phi) is 5.08. The van der Waals surface area contributed by atoms with E-state index in [1.54, 1.807) is 0 Å². The Balaban J connectivity index is 2.03. The lowest BCUT2D eigenvalue weighted by molar-refractivity contribution is 0.0961. The summed E-state index contributed by atoms with van der Waals surface area (Å²) in [5.74, 6) is 0.0110. The van der Waals surface area contributed by atoms with Gasteiger partial charge >= 0.3 is 0 Å². The van der Waals surface area contributed by atoms with Crippen LogP contribution in [-0.4, -0.2) is 11.8 Å². The van der Waals surface area contributed by atoms with E-state index < -0.39 is 6.04 Å². The van der Waals surface area contributed by atoms with Gasteiger partial charge in [-0.15, -0.1) is 0 Å². The van der Waals surface area contributed by atoms with E-state index in [-0.39, 0.29) is 5.78 Å². The molecule has 0 bridgehead atoms. The molecule has 2 N–H and O–H groups in total. The Bertz CT molecular complexity index is 545. The van der Waals surface area contributed by atoms with Gasteiger partial charge in [0.15, 0.2) is 5.78 Å². The predicted octanol–water partition coefficient (Wildman–Crippen LogP) is 3.39. The third-order valence-electron chi connectivity index (χ3n) is 3.41. The van der Waals surface area contributed by atoms with Gasteiger partial charge in [-0.3, -0.25) is 4.79 Å².